The van der Waals surface area contributed by atoms with Crippen molar-refractivity contribution in [3.05, 3.63) is 148 Å². The number of ether oxygens (including phenoxy) is 3. The number of hydrogen-bond acceptors (Lipinski definition) is 7. The van der Waals surface area contributed by atoms with Crippen molar-refractivity contribution in [1.82, 2.24) is 9.88 Å². The van der Waals surface area contributed by atoms with Crippen molar-refractivity contribution in [2.75, 3.05) is 25.0 Å². The summed E-state index contributed by atoms with van der Waals surface area (Å²) in [5.41, 5.74) is 7.04. The molecule has 0 radical (unpaired) electrons. The van der Waals surface area contributed by atoms with Crippen molar-refractivity contribution in [3.63, 3.8) is 0 Å². The maximum Gasteiger partial charge on any atom is 0.219 e. The lowest BCUT2D eigenvalue weighted by Gasteiger charge is -2.36. The quantitative estimate of drug-likeness (QED) is 0.0897. The largest absolute Gasteiger partial charge is 0.493 e. The number of rotatable bonds is 14. The van der Waals surface area contributed by atoms with Crippen LogP contribution in [0.25, 0.3) is 5.70 Å². The molecule has 1 saturated heterocycles. The van der Waals surface area contributed by atoms with Gasteiger partial charge in [0.05, 0.1) is 17.8 Å². The highest BCUT2D eigenvalue weighted by Crippen LogP contribution is 2.37. The van der Waals surface area contributed by atoms with Crippen LogP contribution in [0.15, 0.2) is 109 Å². The van der Waals surface area contributed by atoms with Gasteiger partial charge in [-0.25, -0.2) is 9.37 Å². The number of halogens is 3. The number of likely N-dealkylation sites (tertiary alicyclic amines) is 1. The molecular weight excluding hydrogens is 700 g/mol. The molecule has 7 nitrogen and oxygen atoms in total. The van der Waals surface area contributed by atoms with E-state index in [-0.39, 0.29) is 18.2 Å². The minimum Gasteiger partial charge on any atom is -0.493 e. The Balaban J connectivity index is 0.00000523. The Labute approximate surface area is 315 Å². The average Bonchev–Trinajstić information content (AvgIpc) is 3.14. The number of hydrogen-bond donors (Lipinski definition) is 1. The molecule has 0 aliphatic carbocycles. The Hall–Kier alpha value is -5.05. The van der Waals surface area contributed by atoms with E-state index in [4.69, 9.17) is 25.8 Å². The predicted molar refractivity (Wildman–Crippen MR) is 208 cm³/mol. The van der Waals surface area contributed by atoms with Gasteiger partial charge in [0.1, 0.15) is 30.2 Å². The van der Waals surface area contributed by atoms with Crippen LogP contribution in [-0.2, 0) is 17.8 Å². The molecule has 1 N–H and O–H groups in total. The third kappa shape index (κ3) is 10.5. The molecule has 0 unspecified atom stereocenters. The van der Waals surface area contributed by atoms with E-state index in [1.165, 1.54) is 23.3 Å². The molecule has 2 heterocycles. The van der Waals surface area contributed by atoms with Gasteiger partial charge in [0.2, 0.25) is 5.88 Å². The fourth-order valence-electron chi connectivity index (χ4n) is 6.01. The van der Waals surface area contributed by atoms with Crippen molar-refractivity contribution in [2.45, 2.75) is 45.8 Å². The second-order valence-corrected chi connectivity index (χ2v) is 13.1. The summed E-state index contributed by atoms with van der Waals surface area (Å²) in [7, 11) is 0. The first-order valence-electron chi connectivity index (χ1n) is 17.1. The monoisotopic (exact) mass is 741 g/mol. The SMILES string of the molecule is Cc1ccc(COc2ccc(Oc3c(C)cc(/C(=C\C=O)N4CCC(Nc5ccc(CCOc6ccc(F)cc6)cc5)CC4)cc3Cl)nc2)cc1.Cl. The predicted octanol–water partition coefficient (Wildman–Crippen LogP) is 10.0. The van der Waals surface area contributed by atoms with Gasteiger partial charge in [0, 0.05) is 49.1 Å². The zero-order chi connectivity index (χ0) is 35.6. The van der Waals surface area contributed by atoms with Crippen LogP contribution in [0.4, 0.5) is 10.1 Å². The topological polar surface area (TPSA) is 72.9 Å². The number of benzene rings is 4. The highest BCUT2D eigenvalue weighted by molar-refractivity contribution is 6.32. The maximum atomic E-state index is 13.1. The summed E-state index contributed by atoms with van der Waals surface area (Å²) < 4.78 is 30.8. The Morgan fingerprint density at radius 1 is 0.904 bits per heavy atom. The molecule has 1 aliphatic rings. The summed E-state index contributed by atoms with van der Waals surface area (Å²) in [6.07, 6.45) is 6.64. The minimum absolute atomic E-state index is 0. The fourth-order valence-corrected chi connectivity index (χ4v) is 6.32. The molecule has 0 atom stereocenters. The number of aldehydes is 1. The number of pyridine rings is 1. The second-order valence-electron chi connectivity index (χ2n) is 12.7. The van der Waals surface area contributed by atoms with Crippen LogP contribution < -0.4 is 19.5 Å². The van der Waals surface area contributed by atoms with E-state index in [0.717, 1.165) is 66.7 Å². The number of carbonyl (C=O) groups is 1. The van der Waals surface area contributed by atoms with E-state index in [9.17, 15) is 9.18 Å². The molecule has 52 heavy (non-hydrogen) atoms. The maximum absolute atomic E-state index is 13.1. The Bertz CT molecular complexity index is 1910. The standard InChI is InChI=1S/C42H41ClFN3O4.ClH/c1-29-3-5-32(6-4-29)28-50-38-15-16-41(45-27-38)51-42-30(2)25-33(26-39(42)43)40(19-23-48)47-21-17-36(18-22-47)46-35-11-7-31(8-12-35)20-24-49-37-13-9-34(44)10-14-37;/h3-16,19,23,25-27,36,46H,17-18,20-22,24,28H2,1-2H3;1H/b40-19+;. The minimum atomic E-state index is -0.275. The second kappa shape index (κ2) is 18.4. The van der Waals surface area contributed by atoms with Crippen LogP contribution >= 0.6 is 24.0 Å². The van der Waals surface area contributed by atoms with Gasteiger partial charge in [-0.2, -0.15) is 0 Å². The number of nitrogens with zero attached hydrogens (tertiary/aromatic N) is 2. The molecule has 1 fully saturated rings. The van der Waals surface area contributed by atoms with Crippen molar-refractivity contribution in [3.8, 4) is 23.1 Å². The summed E-state index contributed by atoms with van der Waals surface area (Å²) in [6.45, 7) is 6.53. The summed E-state index contributed by atoms with van der Waals surface area (Å²) >= 11 is 6.77. The molecule has 0 spiro atoms. The summed E-state index contributed by atoms with van der Waals surface area (Å²) in [4.78, 5) is 18.4. The van der Waals surface area contributed by atoms with E-state index < -0.39 is 0 Å². The molecule has 4 aromatic carbocycles. The Morgan fingerprint density at radius 3 is 2.25 bits per heavy atom. The van der Waals surface area contributed by atoms with Gasteiger partial charge in [-0.3, -0.25) is 4.79 Å². The molecule has 1 aliphatic heterocycles. The highest BCUT2D eigenvalue weighted by atomic mass is 35.5. The first-order chi connectivity index (χ1) is 24.8. The van der Waals surface area contributed by atoms with Gasteiger partial charge >= 0.3 is 0 Å². The van der Waals surface area contributed by atoms with Gasteiger partial charge in [-0.05, 0) is 104 Å². The molecule has 270 valence electrons. The average molecular weight is 743 g/mol. The van der Waals surface area contributed by atoms with Crippen molar-refractivity contribution in [1.29, 1.82) is 0 Å². The first-order valence-corrected chi connectivity index (χ1v) is 17.5. The van der Waals surface area contributed by atoms with Crippen molar-refractivity contribution < 1.29 is 23.4 Å². The molecule has 5 aromatic rings. The van der Waals surface area contributed by atoms with Crippen LogP contribution in [0.3, 0.4) is 0 Å². The van der Waals surface area contributed by atoms with Gasteiger partial charge in [-0.15, -0.1) is 12.4 Å². The Kier molecular flexibility index (Phi) is 13.5. The van der Waals surface area contributed by atoms with E-state index in [1.54, 1.807) is 30.5 Å². The van der Waals surface area contributed by atoms with Crippen LogP contribution in [-0.4, -0.2) is 41.9 Å². The molecule has 0 saturated carbocycles. The number of carbonyl (C=O) groups excluding carboxylic acids is 1. The first kappa shape index (κ1) is 38.2. The van der Waals surface area contributed by atoms with E-state index in [0.29, 0.717) is 47.4 Å². The molecule has 0 amide bonds. The van der Waals surface area contributed by atoms with Crippen LogP contribution in [0.1, 0.15) is 40.7 Å². The number of aryl methyl sites for hydroxylation is 2. The molecule has 1 aromatic heterocycles. The van der Waals surface area contributed by atoms with Crippen molar-refractivity contribution >= 4 is 41.7 Å². The van der Waals surface area contributed by atoms with Crippen LogP contribution in [0, 0.1) is 19.7 Å². The lowest BCUT2D eigenvalue weighted by molar-refractivity contribution is -0.104. The van der Waals surface area contributed by atoms with Gasteiger partial charge in [-0.1, -0.05) is 53.6 Å². The molecule has 0 bridgehead atoms. The molecular formula is C42H42Cl2FN3O4. The zero-order valence-corrected chi connectivity index (χ0v) is 30.8. The number of anilines is 1. The zero-order valence-electron chi connectivity index (χ0n) is 29.2. The lowest BCUT2D eigenvalue weighted by Crippen LogP contribution is -2.38. The smallest absolute Gasteiger partial charge is 0.219 e. The van der Waals surface area contributed by atoms with Crippen LogP contribution in [0.2, 0.25) is 5.02 Å². The third-order valence-corrected chi connectivity index (χ3v) is 9.11. The third-order valence-electron chi connectivity index (χ3n) is 8.83. The van der Waals surface area contributed by atoms with Crippen molar-refractivity contribution in [2.24, 2.45) is 0 Å². The normalized spacial score (nSPS) is 13.2. The number of nitrogens with one attached hydrogen (secondary N) is 1. The number of aromatic nitrogens is 1. The summed E-state index contributed by atoms with van der Waals surface area (Å²) in [6, 6.07) is 30.4. The van der Waals surface area contributed by atoms with E-state index >= 15 is 0 Å². The van der Waals surface area contributed by atoms with Gasteiger partial charge < -0.3 is 24.4 Å². The molecule has 6 rings (SSSR count). The Morgan fingerprint density at radius 2 is 1.60 bits per heavy atom. The molecule has 10 heteroatoms. The van der Waals surface area contributed by atoms with Gasteiger partial charge in [0.25, 0.3) is 0 Å². The highest BCUT2D eigenvalue weighted by Gasteiger charge is 2.23. The van der Waals surface area contributed by atoms with Crippen LogP contribution in [0.5, 0.6) is 23.1 Å². The number of piperidine rings is 1. The van der Waals surface area contributed by atoms with E-state index in [1.807, 2.05) is 37.3 Å². The lowest BCUT2D eigenvalue weighted by atomic mass is 10.0. The summed E-state index contributed by atoms with van der Waals surface area (Å²) in [5.74, 6) is 1.94. The van der Waals surface area contributed by atoms with E-state index in [2.05, 4.69) is 58.5 Å². The summed E-state index contributed by atoms with van der Waals surface area (Å²) in [5, 5.41) is 4.10. The fraction of sp³-hybridized carbons (Fsp3) is 0.238. The van der Waals surface area contributed by atoms with Gasteiger partial charge in [0.15, 0.2) is 5.75 Å². The number of allylic oxidation sites excluding steroid dienone is 1.